The number of carbonyl (C=O) groups is 1. The molecular weight excluding hydrogens is 396 g/mol. The van der Waals surface area contributed by atoms with E-state index in [0.717, 1.165) is 34.9 Å². The van der Waals surface area contributed by atoms with Crippen LogP contribution in [0.2, 0.25) is 0 Å². The van der Waals surface area contributed by atoms with Crippen molar-refractivity contribution in [3.8, 4) is 17.6 Å². The van der Waals surface area contributed by atoms with Gasteiger partial charge in [0.25, 0.3) is 0 Å². The molecular formula is C24H20N2O3S. The molecule has 150 valence electrons. The molecule has 0 saturated carbocycles. The molecule has 0 fully saturated rings. The Kier molecular flexibility index (Phi) is 5.06. The van der Waals surface area contributed by atoms with Gasteiger partial charge in [-0.1, -0.05) is 36.4 Å². The van der Waals surface area contributed by atoms with Crippen molar-refractivity contribution in [1.29, 1.82) is 5.26 Å². The first-order valence-corrected chi connectivity index (χ1v) is 11.0. The van der Waals surface area contributed by atoms with Crippen molar-refractivity contribution in [3.05, 3.63) is 70.9 Å². The minimum Gasteiger partial charge on any atom is -0.454 e. The zero-order chi connectivity index (χ0) is 20.5. The maximum atomic E-state index is 12.9. The van der Waals surface area contributed by atoms with E-state index in [2.05, 4.69) is 18.2 Å². The van der Waals surface area contributed by atoms with Gasteiger partial charge in [0.15, 0.2) is 17.3 Å². The molecule has 2 aromatic rings. The Morgan fingerprint density at radius 1 is 1.10 bits per heavy atom. The van der Waals surface area contributed by atoms with Crippen LogP contribution in [0.5, 0.6) is 11.5 Å². The molecule has 30 heavy (non-hydrogen) atoms. The molecule has 0 saturated heterocycles. The van der Waals surface area contributed by atoms with E-state index in [9.17, 15) is 10.1 Å². The second-order valence-electron chi connectivity index (χ2n) is 7.56. The van der Waals surface area contributed by atoms with Crippen molar-refractivity contribution in [1.82, 2.24) is 0 Å². The number of fused-ring (bicyclic) bond motifs is 1. The Balaban J connectivity index is 1.54. The number of hydrogen-bond donors (Lipinski definition) is 0. The smallest absolute Gasteiger partial charge is 0.231 e. The molecule has 5 nitrogen and oxygen atoms in total. The largest absolute Gasteiger partial charge is 0.454 e. The molecule has 2 atom stereocenters. The Hall–Kier alpha value is -3.04. The molecule has 0 aromatic heterocycles. The topological polar surface area (TPSA) is 71.7 Å². The van der Waals surface area contributed by atoms with Crippen molar-refractivity contribution in [2.75, 3.05) is 6.79 Å². The lowest BCUT2D eigenvalue weighted by atomic mass is 9.74. The van der Waals surface area contributed by atoms with E-state index in [1.165, 1.54) is 5.56 Å². The van der Waals surface area contributed by atoms with Gasteiger partial charge in [0, 0.05) is 29.4 Å². The van der Waals surface area contributed by atoms with Gasteiger partial charge in [-0.2, -0.15) is 5.26 Å². The van der Waals surface area contributed by atoms with Gasteiger partial charge in [0.1, 0.15) is 5.92 Å². The van der Waals surface area contributed by atoms with Gasteiger partial charge in [-0.25, -0.2) is 4.99 Å². The van der Waals surface area contributed by atoms with Crippen LogP contribution in [-0.4, -0.2) is 17.6 Å². The van der Waals surface area contributed by atoms with Gasteiger partial charge in [0.2, 0.25) is 6.79 Å². The number of allylic oxidation sites excluding steroid dienone is 2. The molecule has 0 amide bonds. The standard InChI is InChI=1S/C24H20N2O3S/c25-12-17-22(16-9-10-20-21(11-16)29-14-28-20)23-18(7-4-8-19(23)27)26-24(17)30-13-15-5-2-1-3-6-15/h1-3,5-6,9-11,17,22H,4,7-8,13-14H2/t17?,22-/m1/s1. The lowest BCUT2D eigenvalue weighted by molar-refractivity contribution is -0.116. The van der Waals surface area contributed by atoms with Gasteiger partial charge in [0.05, 0.1) is 11.1 Å². The number of carbonyl (C=O) groups excluding carboxylic acids is 1. The molecule has 0 bridgehead atoms. The summed E-state index contributed by atoms with van der Waals surface area (Å²) in [5.74, 6) is 1.37. The first-order valence-electron chi connectivity index (χ1n) is 10.1. The van der Waals surface area contributed by atoms with Crippen LogP contribution in [0.25, 0.3) is 0 Å². The van der Waals surface area contributed by atoms with E-state index in [4.69, 9.17) is 14.5 Å². The maximum absolute atomic E-state index is 12.9. The molecule has 0 radical (unpaired) electrons. The van der Waals surface area contributed by atoms with E-state index in [1.54, 1.807) is 11.8 Å². The van der Waals surface area contributed by atoms with Gasteiger partial charge in [-0.05, 0) is 36.1 Å². The highest BCUT2D eigenvalue weighted by atomic mass is 32.2. The predicted octanol–water partition coefficient (Wildman–Crippen LogP) is 4.99. The number of nitriles is 1. The van der Waals surface area contributed by atoms with Crippen LogP contribution in [-0.2, 0) is 10.5 Å². The normalized spacial score (nSPS) is 22.4. The third-order valence-corrected chi connectivity index (χ3v) is 6.83. The van der Waals surface area contributed by atoms with Crippen LogP contribution < -0.4 is 9.47 Å². The van der Waals surface area contributed by atoms with Gasteiger partial charge < -0.3 is 9.47 Å². The molecule has 2 heterocycles. The van der Waals surface area contributed by atoms with Crippen molar-refractivity contribution >= 4 is 22.6 Å². The minimum atomic E-state index is -0.500. The third kappa shape index (κ3) is 3.40. The van der Waals surface area contributed by atoms with E-state index >= 15 is 0 Å². The summed E-state index contributed by atoms with van der Waals surface area (Å²) in [6.07, 6.45) is 2.10. The number of ketones is 1. The molecule has 1 aliphatic carbocycles. The average Bonchev–Trinajstić information content (AvgIpc) is 3.25. The first kappa shape index (κ1) is 19.0. The van der Waals surface area contributed by atoms with Crippen molar-refractivity contribution in [2.24, 2.45) is 10.9 Å². The maximum Gasteiger partial charge on any atom is 0.231 e. The number of Topliss-reactive ketones (excluding diaryl/α,β-unsaturated/α-hetero) is 1. The molecule has 2 aliphatic heterocycles. The fraction of sp³-hybridized carbons (Fsp3) is 0.292. The highest BCUT2D eigenvalue weighted by Crippen LogP contribution is 2.47. The fourth-order valence-corrected chi connectivity index (χ4v) is 5.33. The molecule has 6 heteroatoms. The van der Waals surface area contributed by atoms with E-state index in [1.807, 2.05) is 36.4 Å². The SMILES string of the molecule is N#CC1C(SCc2ccccc2)=NC2=C(C(=O)CCC2)[C@@H]1c1ccc2c(c1)OCO2. The van der Waals surface area contributed by atoms with Crippen LogP contribution in [0.3, 0.4) is 0 Å². The molecule has 1 unspecified atom stereocenters. The average molecular weight is 417 g/mol. The zero-order valence-electron chi connectivity index (χ0n) is 16.3. The number of nitrogens with zero attached hydrogens (tertiary/aromatic N) is 2. The number of hydrogen-bond acceptors (Lipinski definition) is 6. The van der Waals surface area contributed by atoms with E-state index < -0.39 is 5.92 Å². The monoisotopic (exact) mass is 416 g/mol. The van der Waals surface area contributed by atoms with Crippen LogP contribution in [0.4, 0.5) is 0 Å². The summed E-state index contributed by atoms with van der Waals surface area (Å²) >= 11 is 1.59. The molecule has 0 N–H and O–H groups in total. The summed E-state index contributed by atoms with van der Waals surface area (Å²) in [5.41, 5.74) is 3.63. The summed E-state index contributed by atoms with van der Waals surface area (Å²) < 4.78 is 11.0. The van der Waals surface area contributed by atoms with Crippen molar-refractivity contribution < 1.29 is 14.3 Å². The number of aliphatic imine (C=N–C) groups is 1. The zero-order valence-corrected chi connectivity index (χ0v) is 17.2. The van der Waals surface area contributed by atoms with Gasteiger partial charge in [-0.15, -0.1) is 11.8 Å². The highest BCUT2D eigenvalue weighted by molar-refractivity contribution is 8.13. The number of benzene rings is 2. The first-order chi connectivity index (χ1) is 14.7. The second kappa shape index (κ2) is 8.00. The number of thioether (sulfide) groups is 1. The third-order valence-electron chi connectivity index (χ3n) is 5.71. The van der Waals surface area contributed by atoms with Crippen LogP contribution in [0, 0.1) is 17.2 Å². The van der Waals surface area contributed by atoms with E-state index in [-0.39, 0.29) is 18.5 Å². The van der Waals surface area contributed by atoms with Crippen molar-refractivity contribution in [2.45, 2.75) is 30.9 Å². The molecule has 5 rings (SSSR count). The summed E-state index contributed by atoms with van der Waals surface area (Å²) in [4.78, 5) is 17.7. The van der Waals surface area contributed by atoms with Crippen molar-refractivity contribution in [3.63, 3.8) is 0 Å². The van der Waals surface area contributed by atoms with Crippen LogP contribution in [0.1, 0.15) is 36.3 Å². The fourth-order valence-electron chi connectivity index (χ4n) is 4.28. The lowest BCUT2D eigenvalue weighted by Gasteiger charge is -2.33. The summed E-state index contributed by atoms with van der Waals surface area (Å²) in [5, 5.41) is 10.9. The van der Waals surface area contributed by atoms with E-state index in [0.29, 0.717) is 23.5 Å². The van der Waals surface area contributed by atoms with Gasteiger partial charge >= 0.3 is 0 Å². The summed E-state index contributed by atoms with van der Waals surface area (Å²) in [6.45, 7) is 0.192. The lowest BCUT2D eigenvalue weighted by Crippen LogP contribution is -2.30. The summed E-state index contributed by atoms with van der Waals surface area (Å²) in [7, 11) is 0. The summed E-state index contributed by atoms with van der Waals surface area (Å²) in [6, 6.07) is 18.3. The number of ether oxygens (including phenoxy) is 2. The predicted molar refractivity (Wildman–Crippen MR) is 115 cm³/mol. The number of rotatable bonds is 3. The van der Waals surface area contributed by atoms with Crippen LogP contribution >= 0.6 is 11.8 Å². The Morgan fingerprint density at radius 3 is 2.77 bits per heavy atom. The molecule has 3 aliphatic rings. The second-order valence-corrected chi connectivity index (χ2v) is 8.55. The minimum absolute atomic E-state index is 0.107. The molecule has 2 aromatic carbocycles. The van der Waals surface area contributed by atoms with Gasteiger partial charge in [-0.3, -0.25) is 4.79 Å². The molecule has 0 spiro atoms. The Labute approximate surface area is 179 Å². The van der Waals surface area contributed by atoms with Crippen LogP contribution in [0.15, 0.2) is 64.8 Å². The Morgan fingerprint density at radius 2 is 1.93 bits per heavy atom. The quantitative estimate of drug-likeness (QED) is 0.705. The highest BCUT2D eigenvalue weighted by Gasteiger charge is 2.41. The Bertz CT molecular complexity index is 1100.